The van der Waals surface area contributed by atoms with E-state index >= 15 is 0 Å². The second kappa shape index (κ2) is 3.36. The summed E-state index contributed by atoms with van der Waals surface area (Å²) in [6.07, 6.45) is 3.61. The van der Waals surface area contributed by atoms with Gasteiger partial charge < -0.3 is 0 Å². The molecule has 0 spiro atoms. The van der Waals surface area contributed by atoms with E-state index in [-0.39, 0.29) is 0 Å². The van der Waals surface area contributed by atoms with Crippen molar-refractivity contribution in [3.05, 3.63) is 59.1 Å². The molecule has 0 radical (unpaired) electrons. The second-order valence-corrected chi connectivity index (χ2v) is 4.84. The van der Waals surface area contributed by atoms with Crippen molar-refractivity contribution in [3.8, 4) is 11.1 Å². The molecule has 0 saturated heterocycles. The number of fused-ring (bicyclic) bond motifs is 6. The zero-order chi connectivity index (χ0) is 13.1. The zero-order valence-corrected chi connectivity index (χ0v) is 10.4. The lowest BCUT2D eigenvalue weighted by atomic mass is 10.1. The van der Waals surface area contributed by atoms with Crippen LogP contribution in [0.1, 0.15) is 5.69 Å². The summed E-state index contributed by atoms with van der Waals surface area (Å²) in [5.41, 5.74) is 6.46. The number of hydrogen-bond donors (Lipinski definition) is 0. The predicted octanol–water partition coefficient (Wildman–Crippen LogP) is 2.17. The minimum absolute atomic E-state index is 0.678. The molecule has 2 aliphatic heterocycles. The minimum atomic E-state index is 0.678. The lowest BCUT2D eigenvalue weighted by Gasteiger charge is -2.00. The third-order valence-electron chi connectivity index (χ3n) is 3.67. The first-order valence-electron chi connectivity index (χ1n) is 6.43. The summed E-state index contributed by atoms with van der Waals surface area (Å²) < 4.78 is 0. The van der Waals surface area contributed by atoms with E-state index in [0.717, 1.165) is 38.9 Å². The quantitative estimate of drug-likeness (QED) is 0.484. The fourth-order valence-corrected chi connectivity index (χ4v) is 2.75. The topological polar surface area (TPSA) is 50.5 Å². The number of para-hydroxylation sites is 1. The van der Waals surface area contributed by atoms with E-state index in [4.69, 9.17) is 4.99 Å². The maximum Gasteiger partial charge on any atom is 0.178 e. The van der Waals surface area contributed by atoms with Gasteiger partial charge in [-0.3, -0.25) is 0 Å². The molecule has 92 valence electrons. The van der Waals surface area contributed by atoms with Gasteiger partial charge >= 0.3 is 0 Å². The summed E-state index contributed by atoms with van der Waals surface area (Å²) in [5.74, 6) is 0. The minimum Gasteiger partial charge on any atom is -0.245 e. The molecule has 4 nitrogen and oxygen atoms in total. The lowest BCUT2D eigenvalue weighted by Crippen LogP contribution is -2.16. The van der Waals surface area contributed by atoms with E-state index in [1.807, 2.05) is 30.3 Å². The Morgan fingerprint density at radius 1 is 0.850 bits per heavy atom. The first kappa shape index (κ1) is 9.97. The largest absolute Gasteiger partial charge is 0.245 e. The van der Waals surface area contributed by atoms with Gasteiger partial charge in [0.15, 0.2) is 5.49 Å². The van der Waals surface area contributed by atoms with Crippen LogP contribution < -0.4 is 10.8 Å². The average Bonchev–Trinajstić information content (AvgIpc) is 3.08. The van der Waals surface area contributed by atoms with Gasteiger partial charge in [-0.2, -0.15) is 0 Å². The SMILES string of the molecule is C1=Cc2nc3ccc4c(c3nc2=N1)=Nc1ccccc1-4. The van der Waals surface area contributed by atoms with E-state index in [0.29, 0.717) is 5.49 Å². The molecule has 0 saturated carbocycles. The van der Waals surface area contributed by atoms with Gasteiger partial charge in [0.1, 0.15) is 11.2 Å². The van der Waals surface area contributed by atoms with Crippen LogP contribution in [0.2, 0.25) is 0 Å². The Bertz CT molecular complexity index is 1050. The van der Waals surface area contributed by atoms with Crippen molar-refractivity contribution in [2.24, 2.45) is 9.98 Å². The number of benzene rings is 2. The van der Waals surface area contributed by atoms with Gasteiger partial charge in [0.25, 0.3) is 0 Å². The number of aromatic nitrogens is 2. The molecule has 3 heterocycles. The molecule has 3 aromatic rings. The van der Waals surface area contributed by atoms with Crippen molar-refractivity contribution in [2.75, 3.05) is 0 Å². The van der Waals surface area contributed by atoms with Crippen LogP contribution in [0, 0.1) is 0 Å². The Morgan fingerprint density at radius 3 is 2.80 bits per heavy atom. The van der Waals surface area contributed by atoms with Crippen molar-refractivity contribution in [1.29, 1.82) is 0 Å². The van der Waals surface area contributed by atoms with Crippen molar-refractivity contribution in [1.82, 2.24) is 9.97 Å². The normalized spacial score (nSPS) is 13.6. The molecule has 0 N–H and O–H groups in total. The molecule has 5 rings (SSSR count). The molecule has 2 aromatic carbocycles. The summed E-state index contributed by atoms with van der Waals surface area (Å²) in [4.78, 5) is 18.2. The third kappa shape index (κ3) is 1.15. The zero-order valence-electron chi connectivity index (χ0n) is 10.4. The Labute approximate surface area is 113 Å². The van der Waals surface area contributed by atoms with Crippen LogP contribution in [0.3, 0.4) is 0 Å². The molecule has 1 aromatic heterocycles. The van der Waals surface area contributed by atoms with E-state index < -0.39 is 0 Å². The maximum absolute atomic E-state index is 4.70. The molecule has 0 atom stereocenters. The lowest BCUT2D eigenvalue weighted by molar-refractivity contribution is 1.13. The smallest absolute Gasteiger partial charge is 0.178 e. The van der Waals surface area contributed by atoms with E-state index in [1.165, 1.54) is 0 Å². The van der Waals surface area contributed by atoms with E-state index in [9.17, 15) is 0 Å². The Balaban J connectivity index is 1.97. The van der Waals surface area contributed by atoms with Gasteiger partial charge in [-0.15, -0.1) is 0 Å². The van der Waals surface area contributed by atoms with E-state index in [2.05, 4.69) is 27.1 Å². The van der Waals surface area contributed by atoms with Crippen LogP contribution in [0.15, 0.2) is 52.6 Å². The first-order valence-corrected chi connectivity index (χ1v) is 6.43. The predicted molar refractivity (Wildman–Crippen MR) is 76.0 cm³/mol. The summed E-state index contributed by atoms with van der Waals surface area (Å²) in [6, 6.07) is 12.2. The molecule has 0 bridgehead atoms. The molecule has 0 amide bonds. The van der Waals surface area contributed by atoms with Crippen LogP contribution in [0.4, 0.5) is 5.69 Å². The molecule has 20 heavy (non-hydrogen) atoms. The third-order valence-corrected chi connectivity index (χ3v) is 3.67. The van der Waals surface area contributed by atoms with Crippen LogP contribution in [-0.4, -0.2) is 9.97 Å². The van der Waals surface area contributed by atoms with Crippen LogP contribution in [-0.2, 0) is 0 Å². The van der Waals surface area contributed by atoms with Gasteiger partial charge in [-0.25, -0.2) is 20.0 Å². The van der Waals surface area contributed by atoms with Crippen molar-refractivity contribution >= 4 is 22.8 Å². The number of hydrogen-bond acceptors (Lipinski definition) is 4. The summed E-state index contributed by atoms with van der Waals surface area (Å²) in [7, 11) is 0. The molecule has 2 aliphatic rings. The van der Waals surface area contributed by atoms with Crippen molar-refractivity contribution < 1.29 is 0 Å². The molecule has 0 fully saturated rings. The summed E-state index contributed by atoms with van der Waals surface area (Å²) >= 11 is 0. The maximum atomic E-state index is 4.70. The van der Waals surface area contributed by atoms with Gasteiger partial charge in [0, 0.05) is 17.3 Å². The van der Waals surface area contributed by atoms with Crippen molar-refractivity contribution in [3.63, 3.8) is 0 Å². The van der Waals surface area contributed by atoms with Crippen LogP contribution in [0.5, 0.6) is 0 Å². The number of rotatable bonds is 0. The highest BCUT2D eigenvalue weighted by Gasteiger charge is 2.17. The Kier molecular flexibility index (Phi) is 1.68. The van der Waals surface area contributed by atoms with Gasteiger partial charge in [-0.1, -0.05) is 18.2 Å². The van der Waals surface area contributed by atoms with E-state index in [1.54, 1.807) is 6.20 Å². The molecule has 0 aliphatic carbocycles. The highest BCUT2D eigenvalue weighted by atomic mass is 14.9. The van der Waals surface area contributed by atoms with Crippen LogP contribution >= 0.6 is 0 Å². The Hall–Kier alpha value is -2.88. The molecule has 4 heteroatoms. The van der Waals surface area contributed by atoms with Gasteiger partial charge in [-0.05, 0) is 24.3 Å². The monoisotopic (exact) mass is 256 g/mol. The first-order chi connectivity index (χ1) is 9.90. The molecule has 0 unspecified atom stereocenters. The van der Waals surface area contributed by atoms with Gasteiger partial charge in [0.05, 0.1) is 16.6 Å². The number of nitrogens with zero attached hydrogens (tertiary/aromatic N) is 4. The van der Waals surface area contributed by atoms with Gasteiger partial charge in [0.2, 0.25) is 0 Å². The van der Waals surface area contributed by atoms with Crippen LogP contribution in [0.25, 0.3) is 28.2 Å². The van der Waals surface area contributed by atoms with Crippen molar-refractivity contribution in [2.45, 2.75) is 0 Å². The summed E-state index contributed by atoms with van der Waals surface area (Å²) in [6.45, 7) is 0. The summed E-state index contributed by atoms with van der Waals surface area (Å²) in [5, 5.41) is 0.904. The fourth-order valence-electron chi connectivity index (χ4n) is 2.75. The highest BCUT2D eigenvalue weighted by molar-refractivity contribution is 5.88. The molecular formula is C16H8N4. The highest BCUT2D eigenvalue weighted by Crippen LogP contribution is 2.32. The second-order valence-electron chi connectivity index (χ2n) is 4.84. The Morgan fingerprint density at radius 2 is 1.80 bits per heavy atom. The average molecular weight is 256 g/mol. The fraction of sp³-hybridized carbons (Fsp3) is 0. The standard InChI is InChI=1S/C16H8N4/c1-2-4-11-9(3-1)10-5-6-12-15(14(10)19-11)20-16-13(18-12)7-8-17-16/h1-8H. The molecular weight excluding hydrogens is 248 g/mol.